The molecule has 0 spiro atoms. The van der Waals surface area contributed by atoms with Crippen molar-refractivity contribution >= 4 is 11.6 Å². The van der Waals surface area contributed by atoms with Crippen molar-refractivity contribution in [3.8, 4) is 11.1 Å². The summed E-state index contributed by atoms with van der Waals surface area (Å²) >= 11 is 0. The van der Waals surface area contributed by atoms with E-state index >= 15 is 0 Å². The Balaban J connectivity index is 1.77. The van der Waals surface area contributed by atoms with E-state index in [0.29, 0.717) is 18.7 Å². The zero-order valence-corrected chi connectivity index (χ0v) is 12.3. The van der Waals surface area contributed by atoms with E-state index in [-0.39, 0.29) is 5.91 Å². The zero-order chi connectivity index (χ0) is 15.6. The van der Waals surface area contributed by atoms with E-state index in [4.69, 9.17) is 0 Å². The summed E-state index contributed by atoms with van der Waals surface area (Å²) in [6.07, 6.45) is 4.86. The van der Waals surface area contributed by atoms with Gasteiger partial charge in [-0.1, -0.05) is 12.1 Å². The molecule has 22 heavy (non-hydrogen) atoms. The van der Waals surface area contributed by atoms with Gasteiger partial charge in [-0.05, 0) is 24.6 Å². The molecule has 0 saturated carbocycles. The quantitative estimate of drug-likeness (QED) is 0.792. The van der Waals surface area contributed by atoms with E-state index in [9.17, 15) is 9.90 Å². The van der Waals surface area contributed by atoms with E-state index in [1.807, 2.05) is 24.3 Å². The summed E-state index contributed by atoms with van der Waals surface area (Å²) in [4.78, 5) is 20.4. The molecule has 1 aromatic heterocycles. The molecule has 6 heteroatoms. The number of carbonyl (C=O) groups is 1. The number of nitrogens with one attached hydrogen (secondary N) is 2. The van der Waals surface area contributed by atoms with Gasteiger partial charge in [0.05, 0.1) is 11.6 Å². The average Bonchev–Trinajstić information content (AvgIpc) is 2.89. The number of aliphatic hydroxyl groups is 1. The minimum absolute atomic E-state index is 0.148. The van der Waals surface area contributed by atoms with Gasteiger partial charge in [-0.25, -0.2) is 9.97 Å². The minimum atomic E-state index is -0.745. The lowest BCUT2D eigenvalue weighted by atomic mass is 9.98. The van der Waals surface area contributed by atoms with Crippen molar-refractivity contribution in [2.24, 2.45) is 0 Å². The van der Waals surface area contributed by atoms with Crippen LogP contribution < -0.4 is 10.6 Å². The van der Waals surface area contributed by atoms with Crippen LogP contribution in [0.15, 0.2) is 43.0 Å². The fourth-order valence-electron chi connectivity index (χ4n) is 2.63. The molecule has 1 aromatic carbocycles. The molecule has 0 radical (unpaired) electrons. The van der Waals surface area contributed by atoms with Crippen LogP contribution in [0, 0.1) is 0 Å². The van der Waals surface area contributed by atoms with Gasteiger partial charge in [-0.3, -0.25) is 4.79 Å². The van der Waals surface area contributed by atoms with E-state index in [0.717, 1.165) is 11.1 Å². The monoisotopic (exact) mass is 298 g/mol. The van der Waals surface area contributed by atoms with Gasteiger partial charge in [0.2, 0.25) is 5.91 Å². The molecule has 114 valence electrons. The Bertz CT molecular complexity index is 677. The number of β-amino-alcohol motifs (C(OH)–C–C–N with tert-alkyl or cyclic N) is 1. The van der Waals surface area contributed by atoms with Crippen LogP contribution in [0.5, 0.6) is 0 Å². The van der Waals surface area contributed by atoms with Gasteiger partial charge in [0, 0.05) is 36.6 Å². The predicted octanol–water partition coefficient (Wildman–Crippen LogP) is 1.19. The lowest BCUT2D eigenvalue weighted by Gasteiger charge is -2.23. The maximum atomic E-state index is 12.4. The number of hydrogen-bond donors (Lipinski definition) is 3. The van der Waals surface area contributed by atoms with Crippen LogP contribution in [0.2, 0.25) is 0 Å². The first kappa shape index (κ1) is 14.6. The normalized spacial score (nSPS) is 24.2. The first-order valence-electron chi connectivity index (χ1n) is 7.17. The van der Waals surface area contributed by atoms with E-state index in [1.165, 1.54) is 6.33 Å². The molecule has 0 bridgehead atoms. The summed E-state index contributed by atoms with van der Waals surface area (Å²) in [7, 11) is 0. The summed E-state index contributed by atoms with van der Waals surface area (Å²) in [5.74, 6) is -0.148. The fraction of sp³-hybridized carbons (Fsp3) is 0.312. The molecule has 3 N–H and O–H groups in total. The standard InChI is InChI=1S/C16H18N4O2/c1-16(6-14(21)9-19-16)15(22)20-13-4-2-3-11(5-13)12-7-17-10-18-8-12/h2-5,7-8,10,14,19,21H,6,9H2,1H3,(H,20,22). The van der Waals surface area contributed by atoms with Crippen molar-refractivity contribution in [2.45, 2.75) is 25.0 Å². The van der Waals surface area contributed by atoms with Gasteiger partial charge in [0.25, 0.3) is 0 Å². The van der Waals surface area contributed by atoms with E-state index < -0.39 is 11.6 Å². The Morgan fingerprint density at radius 3 is 2.82 bits per heavy atom. The number of aromatic nitrogens is 2. The summed E-state index contributed by atoms with van der Waals surface area (Å²) in [6.45, 7) is 2.23. The lowest BCUT2D eigenvalue weighted by Crippen LogP contribution is -2.48. The number of nitrogens with zero attached hydrogens (tertiary/aromatic N) is 2. The van der Waals surface area contributed by atoms with Gasteiger partial charge in [0.1, 0.15) is 6.33 Å². The third-order valence-corrected chi connectivity index (χ3v) is 3.89. The molecule has 6 nitrogen and oxygen atoms in total. The van der Waals surface area contributed by atoms with Crippen LogP contribution in [0.1, 0.15) is 13.3 Å². The number of anilines is 1. The average molecular weight is 298 g/mol. The molecule has 1 saturated heterocycles. The minimum Gasteiger partial charge on any atom is -0.392 e. The molecule has 2 aromatic rings. The van der Waals surface area contributed by atoms with Crippen molar-refractivity contribution < 1.29 is 9.90 Å². The molecule has 2 atom stereocenters. The zero-order valence-electron chi connectivity index (χ0n) is 12.3. The molecule has 3 rings (SSSR count). The number of aliphatic hydroxyl groups excluding tert-OH is 1. The topological polar surface area (TPSA) is 87.1 Å². The van der Waals surface area contributed by atoms with Crippen LogP contribution in [0.3, 0.4) is 0 Å². The summed E-state index contributed by atoms with van der Waals surface area (Å²) in [6, 6.07) is 7.52. The predicted molar refractivity (Wildman–Crippen MR) is 83.1 cm³/mol. The summed E-state index contributed by atoms with van der Waals surface area (Å²) in [5.41, 5.74) is 1.78. The van der Waals surface area contributed by atoms with Gasteiger partial charge in [-0.15, -0.1) is 0 Å². The highest BCUT2D eigenvalue weighted by Gasteiger charge is 2.40. The molecular formula is C16H18N4O2. The summed E-state index contributed by atoms with van der Waals surface area (Å²) in [5, 5.41) is 15.6. The number of benzene rings is 1. The van der Waals surface area contributed by atoms with Gasteiger partial charge in [-0.2, -0.15) is 0 Å². The van der Waals surface area contributed by atoms with Crippen molar-refractivity contribution in [1.29, 1.82) is 0 Å². The Morgan fingerprint density at radius 1 is 1.36 bits per heavy atom. The summed E-state index contributed by atoms with van der Waals surface area (Å²) < 4.78 is 0. The van der Waals surface area contributed by atoms with Crippen LogP contribution in [-0.4, -0.2) is 39.2 Å². The molecular weight excluding hydrogens is 280 g/mol. The van der Waals surface area contributed by atoms with Gasteiger partial charge in [0.15, 0.2) is 0 Å². The second-order valence-electron chi connectivity index (χ2n) is 5.73. The van der Waals surface area contributed by atoms with E-state index in [1.54, 1.807) is 19.3 Å². The lowest BCUT2D eigenvalue weighted by molar-refractivity contribution is -0.121. The Kier molecular flexibility index (Phi) is 3.87. The van der Waals surface area contributed by atoms with Crippen molar-refractivity contribution in [3.63, 3.8) is 0 Å². The van der Waals surface area contributed by atoms with Crippen LogP contribution in [-0.2, 0) is 4.79 Å². The first-order valence-corrected chi connectivity index (χ1v) is 7.17. The maximum absolute atomic E-state index is 12.4. The highest BCUT2D eigenvalue weighted by molar-refractivity contribution is 5.98. The smallest absolute Gasteiger partial charge is 0.244 e. The fourth-order valence-corrected chi connectivity index (χ4v) is 2.63. The van der Waals surface area contributed by atoms with E-state index in [2.05, 4.69) is 20.6 Å². The molecule has 1 aliphatic heterocycles. The second-order valence-corrected chi connectivity index (χ2v) is 5.73. The molecule has 1 amide bonds. The Hall–Kier alpha value is -2.31. The maximum Gasteiger partial charge on any atom is 0.244 e. The SMILES string of the molecule is CC1(C(=O)Nc2cccc(-c3cncnc3)c2)CC(O)CN1. The molecule has 1 fully saturated rings. The highest BCUT2D eigenvalue weighted by atomic mass is 16.3. The first-order chi connectivity index (χ1) is 10.6. The van der Waals surface area contributed by atoms with Crippen molar-refractivity contribution in [1.82, 2.24) is 15.3 Å². The van der Waals surface area contributed by atoms with Crippen LogP contribution in [0.4, 0.5) is 5.69 Å². The molecule has 2 unspecified atom stereocenters. The number of hydrogen-bond acceptors (Lipinski definition) is 5. The number of amides is 1. The Labute approximate surface area is 128 Å². The largest absolute Gasteiger partial charge is 0.392 e. The van der Waals surface area contributed by atoms with Crippen molar-refractivity contribution in [2.75, 3.05) is 11.9 Å². The third kappa shape index (κ3) is 2.98. The molecule has 0 aliphatic carbocycles. The Morgan fingerprint density at radius 2 is 2.14 bits per heavy atom. The second kappa shape index (κ2) is 5.82. The molecule has 2 heterocycles. The van der Waals surface area contributed by atoms with Gasteiger partial charge >= 0.3 is 0 Å². The van der Waals surface area contributed by atoms with Crippen LogP contribution in [0.25, 0.3) is 11.1 Å². The van der Waals surface area contributed by atoms with Gasteiger partial charge < -0.3 is 15.7 Å². The van der Waals surface area contributed by atoms with Crippen molar-refractivity contribution in [3.05, 3.63) is 43.0 Å². The molecule has 1 aliphatic rings. The number of carbonyl (C=O) groups excluding carboxylic acids is 1. The third-order valence-electron chi connectivity index (χ3n) is 3.89. The number of rotatable bonds is 3. The highest BCUT2D eigenvalue weighted by Crippen LogP contribution is 2.24. The van der Waals surface area contributed by atoms with Crippen LogP contribution >= 0.6 is 0 Å².